The van der Waals surface area contributed by atoms with Gasteiger partial charge < -0.3 is 4.90 Å². The molecule has 1 aliphatic carbocycles. The summed E-state index contributed by atoms with van der Waals surface area (Å²) in [4.78, 5) is 14.4. The first-order chi connectivity index (χ1) is 10.2. The van der Waals surface area contributed by atoms with Crippen LogP contribution in [-0.4, -0.2) is 16.8 Å². The fourth-order valence-corrected chi connectivity index (χ4v) is 2.95. The summed E-state index contributed by atoms with van der Waals surface area (Å²) in [6.45, 7) is 2.79. The van der Waals surface area contributed by atoms with Crippen molar-refractivity contribution in [1.29, 1.82) is 0 Å². The average Bonchev–Trinajstić information content (AvgIpc) is 3.20. The summed E-state index contributed by atoms with van der Waals surface area (Å²) < 4.78 is 0. The van der Waals surface area contributed by atoms with Crippen LogP contribution in [0, 0.1) is 6.92 Å². The van der Waals surface area contributed by atoms with Crippen molar-refractivity contribution in [3.63, 3.8) is 0 Å². The fourth-order valence-electron chi connectivity index (χ4n) is 2.29. The standard InChI is InChI=1S/C18H19NOS/c1-14-2-4-15(5-3-14)6-9-18(20)19(17-7-8-17)12-16-10-11-21-13-16/h2-6,9-11,13,17H,7-8,12H2,1H3/b9-6+. The Morgan fingerprint density at radius 2 is 2.05 bits per heavy atom. The molecule has 0 radical (unpaired) electrons. The van der Waals surface area contributed by atoms with Gasteiger partial charge in [0.25, 0.3) is 0 Å². The van der Waals surface area contributed by atoms with E-state index in [-0.39, 0.29) is 5.91 Å². The highest BCUT2D eigenvalue weighted by Crippen LogP contribution is 2.29. The number of carbonyl (C=O) groups is 1. The molecule has 0 saturated heterocycles. The van der Waals surface area contributed by atoms with Crippen molar-refractivity contribution in [3.05, 3.63) is 63.9 Å². The van der Waals surface area contributed by atoms with Gasteiger partial charge in [0.1, 0.15) is 0 Å². The molecule has 2 aromatic rings. The molecule has 1 fully saturated rings. The van der Waals surface area contributed by atoms with Gasteiger partial charge >= 0.3 is 0 Å². The van der Waals surface area contributed by atoms with E-state index in [1.807, 2.05) is 23.1 Å². The predicted molar refractivity (Wildman–Crippen MR) is 88.1 cm³/mol. The third-order valence-corrected chi connectivity index (χ3v) is 4.43. The maximum atomic E-state index is 12.4. The lowest BCUT2D eigenvalue weighted by Gasteiger charge is -2.20. The van der Waals surface area contributed by atoms with Gasteiger partial charge in [0.05, 0.1) is 0 Å². The normalized spacial score (nSPS) is 14.5. The van der Waals surface area contributed by atoms with Crippen LogP contribution in [-0.2, 0) is 11.3 Å². The molecule has 1 aliphatic rings. The molecule has 0 spiro atoms. The second kappa shape index (κ2) is 6.27. The van der Waals surface area contributed by atoms with E-state index in [2.05, 4.69) is 35.9 Å². The molecule has 0 bridgehead atoms. The Morgan fingerprint density at radius 1 is 1.29 bits per heavy atom. The molecule has 0 N–H and O–H groups in total. The Bertz CT molecular complexity index is 624. The Kier molecular flexibility index (Phi) is 4.20. The summed E-state index contributed by atoms with van der Waals surface area (Å²) in [5.74, 6) is 0.115. The predicted octanol–water partition coefficient (Wildman–Crippen LogP) is 4.26. The van der Waals surface area contributed by atoms with Crippen molar-refractivity contribution in [2.24, 2.45) is 0 Å². The molecule has 2 nitrogen and oxygen atoms in total. The van der Waals surface area contributed by atoms with Crippen LogP contribution < -0.4 is 0 Å². The van der Waals surface area contributed by atoms with E-state index in [1.54, 1.807) is 17.4 Å². The van der Waals surface area contributed by atoms with Gasteiger partial charge in [-0.2, -0.15) is 11.3 Å². The summed E-state index contributed by atoms with van der Waals surface area (Å²) >= 11 is 1.68. The van der Waals surface area contributed by atoms with Gasteiger partial charge in [0.2, 0.25) is 5.91 Å². The number of benzene rings is 1. The fraction of sp³-hybridized carbons (Fsp3) is 0.278. The van der Waals surface area contributed by atoms with Crippen LogP contribution in [0.5, 0.6) is 0 Å². The van der Waals surface area contributed by atoms with Crippen molar-refractivity contribution < 1.29 is 4.79 Å². The Labute approximate surface area is 129 Å². The zero-order valence-corrected chi connectivity index (χ0v) is 13.0. The number of nitrogens with zero attached hydrogens (tertiary/aromatic N) is 1. The number of thiophene rings is 1. The van der Waals surface area contributed by atoms with Crippen molar-refractivity contribution in [2.75, 3.05) is 0 Å². The number of hydrogen-bond acceptors (Lipinski definition) is 2. The zero-order chi connectivity index (χ0) is 14.7. The molecular formula is C18H19NOS. The SMILES string of the molecule is Cc1ccc(/C=C/C(=O)N(Cc2ccsc2)C2CC2)cc1. The van der Waals surface area contributed by atoms with Crippen LogP contribution in [0.25, 0.3) is 6.08 Å². The van der Waals surface area contributed by atoms with Crippen LogP contribution in [0.1, 0.15) is 29.5 Å². The maximum absolute atomic E-state index is 12.4. The molecule has 1 saturated carbocycles. The topological polar surface area (TPSA) is 20.3 Å². The number of aryl methyl sites for hydroxylation is 1. The molecule has 1 heterocycles. The van der Waals surface area contributed by atoms with Crippen LogP contribution in [0.15, 0.2) is 47.2 Å². The van der Waals surface area contributed by atoms with Gasteiger partial charge in [-0.05, 0) is 53.8 Å². The number of carbonyl (C=O) groups excluding carboxylic acids is 1. The molecule has 1 aromatic carbocycles. The van der Waals surface area contributed by atoms with Crippen LogP contribution in [0.3, 0.4) is 0 Å². The van der Waals surface area contributed by atoms with Gasteiger partial charge in [-0.1, -0.05) is 29.8 Å². The van der Waals surface area contributed by atoms with Crippen LogP contribution >= 0.6 is 11.3 Å². The van der Waals surface area contributed by atoms with E-state index in [4.69, 9.17) is 0 Å². The van der Waals surface area contributed by atoms with E-state index in [0.717, 1.165) is 24.9 Å². The highest BCUT2D eigenvalue weighted by Gasteiger charge is 2.31. The third-order valence-electron chi connectivity index (χ3n) is 3.70. The maximum Gasteiger partial charge on any atom is 0.247 e. The third kappa shape index (κ3) is 3.82. The summed E-state index contributed by atoms with van der Waals surface area (Å²) in [5, 5.41) is 4.18. The summed E-state index contributed by atoms with van der Waals surface area (Å²) in [6, 6.07) is 10.7. The molecule has 0 atom stereocenters. The van der Waals surface area contributed by atoms with E-state index in [9.17, 15) is 4.79 Å². The molecule has 0 unspecified atom stereocenters. The Balaban J connectivity index is 1.68. The Morgan fingerprint density at radius 3 is 2.67 bits per heavy atom. The second-order valence-corrected chi connectivity index (χ2v) is 6.35. The van der Waals surface area contributed by atoms with Crippen molar-refractivity contribution in [1.82, 2.24) is 4.90 Å². The van der Waals surface area contributed by atoms with E-state index in [0.29, 0.717) is 6.04 Å². The monoisotopic (exact) mass is 297 g/mol. The van der Waals surface area contributed by atoms with Crippen molar-refractivity contribution in [3.8, 4) is 0 Å². The van der Waals surface area contributed by atoms with Crippen molar-refractivity contribution in [2.45, 2.75) is 32.4 Å². The van der Waals surface area contributed by atoms with Gasteiger partial charge in [-0.3, -0.25) is 4.79 Å². The van der Waals surface area contributed by atoms with E-state index in [1.165, 1.54) is 11.1 Å². The molecule has 108 valence electrons. The molecular weight excluding hydrogens is 278 g/mol. The zero-order valence-electron chi connectivity index (χ0n) is 12.2. The van der Waals surface area contributed by atoms with Crippen LogP contribution in [0.4, 0.5) is 0 Å². The lowest BCUT2D eigenvalue weighted by Crippen LogP contribution is -2.30. The first-order valence-electron chi connectivity index (χ1n) is 7.29. The second-order valence-electron chi connectivity index (χ2n) is 5.57. The van der Waals surface area contributed by atoms with Gasteiger partial charge in [-0.25, -0.2) is 0 Å². The highest BCUT2D eigenvalue weighted by molar-refractivity contribution is 7.07. The van der Waals surface area contributed by atoms with E-state index < -0.39 is 0 Å². The molecule has 21 heavy (non-hydrogen) atoms. The average molecular weight is 297 g/mol. The molecule has 3 rings (SSSR count). The lowest BCUT2D eigenvalue weighted by molar-refractivity contribution is -0.127. The quantitative estimate of drug-likeness (QED) is 0.755. The highest BCUT2D eigenvalue weighted by atomic mass is 32.1. The largest absolute Gasteiger partial charge is 0.332 e. The van der Waals surface area contributed by atoms with Gasteiger partial charge in [0.15, 0.2) is 0 Å². The molecule has 1 aromatic heterocycles. The summed E-state index contributed by atoms with van der Waals surface area (Å²) in [5.41, 5.74) is 3.53. The number of amides is 1. The summed E-state index contributed by atoms with van der Waals surface area (Å²) in [7, 11) is 0. The molecule has 3 heteroatoms. The Hall–Kier alpha value is -1.87. The van der Waals surface area contributed by atoms with Gasteiger partial charge in [0, 0.05) is 18.7 Å². The molecule has 1 amide bonds. The van der Waals surface area contributed by atoms with Crippen LogP contribution in [0.2, 0.25) is 0 Å². The minimum absolute atomic E-state index is 0.115. The lowest BCUT2D eigenvalue weighted by atomic mass is 10.1. The minimum Gasteiger partial charge on any atom is -0.332 e. The summed E-state index contributed by atoms with van der Waals surface area (Å²) in [6.07, 6.45) is 5.88. The number of hydrogen-bond donors (Lipinski definition) is 0. The molecule has 0 aliphatic heterocycles. The van der Waals surface area contributed by atoms with E-state index >= 15 is 0 Å². The minimum atomic E-state index is 0.115. The number of rotatable bonds is 5. The smallest absolute Gasteiger partial charge is 0.247 e. The van der Waals surface area contributed by atoms with Crippen molar-refractivity contribution >= 4 is 23.3 Å². The first kappa shape index (κ1) is 14.1. The first-order valence-corrected chi connectivity index (χ1v) is 8.23. The van der Waals surface area contributed by atoms with Gasteiger partial charge in [-0.15, -0.1) is 0 Å².